The summed E-state index contributed by atoms with van der Waals surface area (Å²) in [5.74, 6) is 0. The molecule has 46 valence electrons. The normalized spacial score (nSPS) is 8.57. The van der Waals surface area contributed by atoms with Gasteiger partial charge in [-0.3, -0.25) is 0 Å². The molecule has 0 atom stereocenters. The van der Waals surface area contributed by atoms with Crippen LogP contribution in [-0.2, 0) is 0 Å². The van der Waals surface area contributed by atoms with Crippen LogP contribution in [-0.4, -0.2) is 6.54 Å². The summed E-state index contributed by atoms with van der Waals surface area (Å²) < 4.78 is 0.928. The molecule has 0 aromatic heterocycles. The largest absolute Gasteiger partial charge is 1.00 e. The molecule has 0 saturated carbocycles. The van der Waals surface area contributed by atoms with Crippen molar-refractivity contribution in [3.63, 3.8) is 0 Å². The Balaban J connectivity index is 0. The van der Waals surface area contributed by atoms with E-state index in [0.29, 0.717) is 0 Å². The molecule has 0 unspecified atom stereocenters. The number of thiol groups is 2. The summed E-state index contributed by atoms with van der Waals surface area (Å²) in [7, 11) is 0. The SMILES string of the molecule is CCC[NH+](S)S.[Cl-]. The first kappa shape index (κ1) is 10.8. The summed E-state index contributed by atoms with van der Waals surface area (Å²) >= 11 is 7.92. The summed E-state index contributed by atoms with van der Waals surface area (Å²) in [5, 5.41) is 0. The zero-order valence-electron chi connectivity index (χ0n) is 4.19. The molecule has 0 aromatic rings. The Morgan fingerprint density at radius 2 is 1.86 bits per heavy atom. The summed E-state index contributed by atoms with van der Waals surface area (Å²) in [6.45, 7) is 3.12. The van der Waals surface area contributed by atoms with E-state index in [4.69, 9.17) is 0 Å². The van der Waals surface area contributed by atoms with Gasteiger partial charge in [-0.25, -0.2) is 3.71 Å². The van der Waals surface area contributed by atoms with Crippen molar-refractivity contribution in [3.05, 3.63) is 0 Å². The molecule has 1 nitrogen and oxygen atoms in total. The summed E-state index contributed by atoms with van der Waals surface area (Å²) in [5.41, 5.74) is 0. The van der Waals surface area contributed by atoms with Crippen LogP contribution in [0.1, 0.15) is 13.3 Å². The van der Waals surface area contributed by atoms with E-state index in [9.17, 15) is 0 Å². The lowest BCUT2D eigenvalue weighted by molar-refractivity contribution is -0.581. The van der Waals surface area contributed by atoms with Crippen LogP contribution in [0.5, 0.6) is 0 Å². The summed E-state index contributed by atoms with van der Waals surface area (Å²) in [6.07, 6.45) is 1.14. The van der Waals surface area contributed by atoms with Crippen molar-refractivity contribution in [2.75, 3.05) is 6.54 Å². The zero-order chi connectivity index (χ0) is 4.99. The van der Waals surface area contributed by atoms with Crippen LogP contribution in [0.2, 0.25) is 0 Å². The second-order valence-corrected chi connectivity index (χ2v) is 2.60. The highest BCUT2D eigenvalue weighted by molar-refractivity contribution is 7.85. The van der Waals surface area contributed by atoms with Gasteiger partial charge in [0.2, 0.25) is 0 Å². The van der Waals surface area contributed by atoms with Gasteiger partial charge in [0.15, 0.2) is 0 Å². The van der Waals surface area contributed by atoms with Crippen molar-refractivity contribution < 1.29 is 16.1 Å². The van der Waals surface area contributed by atoms with Gasteiger partial charge in [0.25, 0.3) is 0 Å². The molecule has 0 bridgehead atoms. The fraction of sp³-hybridized carbons (Fsp3) is 1.00. The number of quaternary nitrogens is 1. The molecule has 0 radical (unpaired) electrons. The number of hydrogen-bond donors (Lipinski definition) is 3. The molecule has 4 heteroatoms. The highest BCUT2D eigenvalue weighted by Crippen LogP contribution is 1.64. The molecule has 0 spiro atoms. The monoisotopic (exact) mass is 159 g/mol. The highest BCUT2D eigenvalue weighted by Gasteiger charge is 1.87. The van der Waals surface area contributed by atoms with E-state index in [-0.39, 0.29) is 12.4 Å². The highest BCUT2D eigenvalue weighted by atomic mass is 35.5. The maximum Gasteiger partial charge on any atom is 0.0978 e. The Labute approximate surface area is 62.0 Å². The zero-order valence-corrected chi connectivity index (χ0v) is 6.73. The number of halogens is 1. The van der Waals surface area contributed by atoms with Crippen LogP contribution in [0.3, 0.4) is 0 Å². The van der Waals surface area contributed by atoms with Crippen molar-refractivity contribution in [2.24, 2.45) is 0 Å². The Hall–Kier alpha value is 0.950. The smallest absolute Gasteiger partial charge is 0.0978 e. The first-order chi connectivity index (χ1) is 2.77. The van der Waals surface area contributed by atoms with E-state index in [0.717, 1.165) is 16.7 Å². The first-order valence-corrected chi connectivity index (χ1v) is 2.90. The van der Waals surface area contributed by atoms with E-state index in [1.54, 1.807) is 0 Å². The second kappa shape index (κ2) is 6.95. The van der Waals surface area contributed by atoms with Gasteiger partial charge in [-0.1, -0.05) is 6.92 Å². The van der Waals surface area contributed by atoms with Crippen LogP contribution in [0.15, 0.2) is 0 Å². The minimum atomic E-state index is 0. The summed E-state index contributed by atoms with van der Waals surface area (Å²) in [4.78, 5) is 0. The average molecular weight is 160 g/mol. The molecule has 0 aliphatic heterocycles. The van der Waals surface area contributed by atoms with E-state index >= 15 is 0 Å². The third kappa shape index (κ3) is 10.9. The van der Waals surface area contributed by atoms with Crippen molar-refractivity contribution in [1.29, 1.82) is 0 Å². The van der Waals surface area contributed by atoms with E-state index in [2.05, 4.69) is 32.6 Å². The standard InChI is InChI=1S/C3H9NS2.ClH/c1-2-3-4(5)6;/h5-6H,2-3H2,1H3;1H. The van der Waals surface area contributed by atoms with Crippen molar-refractivity contribution in [1.82, 2.24) is 0 Å². The molecule has 0 heterocycles. The predicted octanol–water partition coefficient (Wildman–Crippen LogP) is -3.03. The lowest BCUT2D eigenvalue weighted by Crippen LogP contribution is -3.00. The Kier molecular flexibility index (Phi) is 10.8. The van der Waals surface area contributed by atoms with Crippen LogP contribution in [0.25, 0.3) is 0 Å². The molecule has 0 aliphatic carbocycles. The van der Waals surface area contributed by atoms with Crippen LogP contribution >= 0.6 is 25.6 Å². The van der Waals surface area contributed by atoms with Gasteiger partial charge >= 0.3 is 0 Å². The first-order valence-electron chi connectivity index (χ1n) is 2.01. The van der Waals surface area contributed by atoms with Gasteiger partial charge in [0.05, 0.1) is 32.2 Å². The number of nitrogens with one attached hydrogen (secondary N) is 1. The van der Waals surface area contributed by atoms with E-state index < -0.39 is 0 Å². The minimum absolute atomic E-state index is 0. The van der Waals surface area contributed by atoms with Crippen LogP contribution in [0.4, 0.5) is 0 Å². The van der Waals surface area contributed by atoms with Crippen molar-refractivity contribution >= 4 is 25.6 Å². The maximum absolute atomic E-state index is 3.96. The van der Waals surface area contributed by atoms with Gasteiger partial charge < -0.3 is 12.4 Å². The van der Waals surface area contributed by atoms with E-state index in [1.165, 1.54) is 0 Å². The number of rotatable bonds is 2. The van der Waals surface area contributed by atoms with Gasteiger partial charge in [0, 0.05) is 0 Å². The van der Waals surface area contributed by atoms with Gasteiger partial charge in [-0.2, -0.15) is 0 Å². The number of hydrogen-bond acceptors (Lipinski definition) is 2. The lowest BCUT2D eigenvalue weighted by Gasteiger charge is -1.95. The molecule has 0 aliphatic rings. The Bertz CT molecular complexity index is 34.1. The topological polar surface area (TPSA) is 4.44 Å². The molecular formula is C3H10ClNS2. The molecule has 7 heavy (non-hydrogen) atoms. The average Bonchev–Trinajstić information content (AvgIpc) is 1.35. The molecule has 0 aromatic carbocycles. The minimum Gasteiger partial charge on any atom is -1.00 e. The third-order valence-corrected chi connectivity index (χ3v) is 0.921. The molecule has 0 rings (SSSR count). The van der Waals surface area contributed by atoms with Crippen molar-refractivity contribution in [3.8, 4) is 0 Å². The third-order valence-electron chi connectivity index (χ3n) is 0.474. The second-order valence-electron chi connectivity index (χ2n) is 1.17. The van der Waals surface area contributed by atoms with Crippen LogP contribution < -0.4 is 16.1 Å². The molecule has 0 fully saturated rings. The maximum atomic E-state index is 3.96. The van der Waals surface area contributed by atoms with Gasteiger partial charge in [0.1, 0.15) is 0 Å². The Morgan fingerprint density at radius 3 is 1.86 bits per heavy atom. The molecular weight excluding hydrogens is 150 g/mol. The predicted molar refractivity (Wildman–Crippen MR) is 34.1 cm³/mol. The van der Waals surface area contributed by atoms with Gasteiger partial charge in [-0.05, 0) is 6.42 Å². The fourth-order valence-electron chi connectivity index (χ4n) is 0.224. The van der Waals surface area contributed by atoms with Gasteiger partial charge in [-0.15, -0.1) is 0 Å². The molecule has 0 saturated heterocycles. The quantitative estimate of drug-likeness (QED) is 0.353. The Morgan fingerprint density at radius 1 is 1.43 bits per heavy atom. The lowest BCUT2D eigenvalue weighted by atomic mass is 10.5. The van der Waals surface area contributed by atoms with E-state index in [1.807, 2.05) is 0 Å². The van der Waals surface area contributed by atoms with Crippen molar-refractivity contribution in [2.45, 2.75) is 13.3 Å². The molecule has 0 amide bonds. The van der Waals surface area contributed by atoms with Crippen LogP contribution in [0, 0.1) is 0 Å². The fourth-order valence-corrected chi connectivity index (χ4v) is 0.671. The molecule has 1 N–H and O–H groups in total. The summed E-state index contributed by atoms with van der Waals surface area (Å²) in [6, 6.07) is 0.